The van der Waals surface area contributed by atoms with Gasteiger partial charge in [0.15, 0.2) is 0 Å². The van der Waals surface area contributed by atoms with Crippen molar-refractivity contribution in [2.24, 2.45) is 5.84 Å². The molecule has 0 spiro atoms. The van der Waals surface area contributed by atoms with E-state index in [0.29, 0.717) is 0 Å². The maximum Gasteiger partial charge on any atom is -0.0467 e. The van der Waals surface area contributed by atoms with Crippen molar-refractivity contribution in [3.05, 3.63) is 29.7 Å². The Morgan fingerprint density at radius 3 is 2.75 bits per heavy atom. The van der Waals surface area contributed by atoms with Crippen molar-refractivity contribution in [1.82, 2.24) is 0 Å². The predicted molar refractivity (Wildman–Crippen MR) is 34.2 cm³/mol. The number of allylic oxidation sites excluding steroid dienone is 2. The summed E-state index contributed by atoms with van der Waals surface area (Å²) >= 11 is 0. The Labute approximate surface area is 49.0 Å². The lowest BCUT2D eigenvalue weighted by molar-refractivity contribution is 0.886. The third kappa shape index (κ3) is 1.18. The van der Waals surface area contributed by atoms with Gasteiger partial charge in [-0.25, -0.2) is 0 Å². The van der Waals surface area contributed by atoms with Crippen LogP contribution in [0.1, 0.15) is 6.42 Å². The summed E-state index contributed by atoms with van der Waals surface area (Å²) in [4.78, 5) is 0. The van der Waals surface area contributed by atoms with Crippen LogP contribution in [-0.2, 0) is 0 Å². The summed E-state index contributed by atoms with van der Waals surface area (Å²) in [5.74, 6) is 5.04. The summed E-state index contributed by atoms with van der Waals surface area (Å²) in [5.41, 5.74) is 3.61. The van der Waals surface area contributed by atoms with E-state index >= 15 is 0 Å². The first-order valence-corrected chi connectivity index (χ1v) is 2.67. The Kier molecular flexibility index (Phi) is 1.83. The van der Waals surface area contributed by atoms with Crippen LogP contribution in [0.2, 0.25) is 0 Å². The molecule has 1 unspecified atom stereocenters. The number of hydrogen-bond donors (Lipinski definition) is 1. The second kappa shape index (κ2) is 2.64. The number of nitrogens with zero attached hydrogens (tertiary/aromatic N) is 1. The van der Waals surface area contributed by atoms with Gasteiger partial charge in [0, 0.05) is 0 Å². The van der Waals surface area contributed by atoms with Crippen LogP contribution in [0.15, 0.2) is 24.3 Å². The lowest BCUT2D eigenvalue weighted by Crippen LogP contribution is -2.07. The Bertz CT molecular complexity index is 116. The van der Waals surface area contributed by atoms with Crippen LogP contribution in [0.25, 0.3) is 5.43 Å². The van der Waals surface area contributed by atoms with E-state index in [4.69, 9.17) is 5.84 Å². The zero-order valence-electron chi connectivity index (χ0n) is 4.62. The Hall–Kier alpha value is -0.600. The molecule has 0 saturated heterocycles. The minimum absolute atomic E-state index is 0.222. The normalized spacial score (nSPS) is 26.4. The summed E-state index contributed by atoms with van der Waals surface area (Å²) in [7, 11) is 0. The molecule has 1 aliphatic rings. The molecule has 1 atom stereocenters. The third-order valence-corrected chi connectivity index (χ3v) is 1.15. The van der Waals surface area contributed by atoms with E-state index in [-0.39, 0.29) is 6.04 Å². The van der Waals surface area contributed by atoms with Crippen molar-refractivity contribution in [2.75, 3.05) is 0 Å². The van der Waals surface area contributed by atoms with Crippen molar-refractivity contribution in [3.8, 4) is 0 Å². The zero-order valence-corrected chi connectivity index (χ0v) is 4.62. The van der Waals surface area contributed by atoms with Crippen LogP contribution < -0.4 is 5.84 Å². The maximum absolute atomic E-state index is 5.04. The van der Waals surface area contributed by atoms with Gasteiger partial charge in [-0.2, -0.15) is 0 Å². The molecule has 1 rings (SSSR count). The molecule has 0 aromatic heterocycles. The fraction of sp³-hybridized carbons (Fsp3) is 0.333. The van der Waals surface area contributed by atoms with Gasteiger partial charge in [0.2, 0.25) is 0 Å². The monoisotopic (exact) mass is 109 g/mol. The minimum Gasteiger partial charge on any atom is -0.594 e. The first-order chi connectivity index (χ1) is 3.93. The van der Waals surface area contributed by atoms with Crippen LogP contribution in [0.3, 0.4) is 0 Å². The second-order valence-corrected chi connectivity index (χ2v) is 1.77. The molecule has 0 aromatic rings. The quantitative estimate of drug-likeness (QED) is 0.397. The molecule has 0 heterocycles. The Balaban J connectivity index is 2.40. The smallest absolute Gasteiger partial charge is 0.0467 e. The average molecular weight is 109 g/mol. The van der Waals surface area contributed by atoms with Crippen molar-refractivity contribution >= 4 is 0 Å². The van der Waals surface area contributed by atoms with Crippen molar-refractivity contribution in [1.29, 1.82) is 0 Å². The van der Waals surface area contributed by atoms with Gasteiger partial charge in [0.1, 0.15) is 0 Å². The highest BCUT2D eigenvalue weighted by molar-refractivity contribution is 5.17. The van der Waals surface area contributed by atoms with E-state index in [1.807, 2.05) is 18.2 Å². The average Bonchev–Trinajstić information content (AvgIpc) is 1.90. The van der Waals surface area contributed by atoms with Gasteiger partial charge >= 0.3 is 0 Å². The predicted octanol–water partition coefficient (Wildman–Crippen LogP) is 1.12. The Morgan fingerprint density at radius 2 is 2.38 bits per heavy atom. The molecule has 1 aliphatic carbocycles. The standard InChI is InChI=1S/C6H9N2/c7-8-6-4-2-1-3-5-6/h1-4,6H,5,7H2/q-1. The van der Waals surface area contributed by atoms with Gasteiger partial charge < -0.3 is 11.3 Å². The minimum atomic E-state index is 0.222. The SMILES string of the molecule is N[N-]C1C=CC=CC1. The molecule has 0 aromatic carbocycles. The molecular formula is C6H9N2-. The summed E-state index contributed by atoms with van der Waals surface area (Å²) < 4.78 is 0. The number of hydrogen-bond acceptors (Lipinski definition) is 1. The fourth-order valence-electron chi connectivity index (χ4n) is 0.678. The van der Waals surface area contributed by atoms with Crippen LogP contribution in [0.5, 0.6) is 0 Å². The van der Waals surface area contributed by atoms with Gasteiger partial charge in [-0.3, -0.25) is 0 Å². The summed E-state index contributed by atoms with van der Waals surface area (Å²) in [6, 6.07) is 0.222. The van der Waals surface area contributed by atoms with Crippen molar-refractivity contribution < 1.29 is 0 Å². The first-order valence-electron chi connectivity index (χ1n) is 2.67. The van der Waals surface area contributed by atoms with Crippen LogP contribution in [0, 0.1) is 0 Å². The molecule has 2 heteroatoms. The molecule has 2 nitrogen and oxygen atoms in total. The van der Waals surface area contributed by atoms with Gasteiger partial charge in [-0.1, -0.05) is 18.2 Å². The number of rotatable bonds is 1. The first kappa shape index (κ1) is 5.54. The fourth-order valence-corrected chi connectivity index (χ4v) is 0.678. The van der Waals surface area contributed by atoms with E-state index < -0.39 is 0 Å². The zero-order chi connectivity index (χ0) is 5.82. The molecule has 0 aliphatic heterocycles. The molecule has 0 amide bonds. The highest BCUT2D eigenvalue weighted by atomic mass is 15.2. The van der Waals surface area contributed by atoms with Gasteiger partial charge in [-0.15, -0.1) is 12.1 Å². The molecule has 0 saturated carbocycles. The van der Waals surface area contributed by atoms with E-state index in [1.165, 1.54) is 0 Å². The van der Waals surface area contributed by atoms with Crippen LogP contribution >= 0.6 is 0 Å². The third-order valence-electron chi connectivity index (χ3n) is 1.15. The highest BCUT2D eigenvalue weighted by Crippen LogP contribution is 2.07. The molecule has 0 fully saturated rings. The van der Waals surface area contributed by atoms with Gasteiger partial charge in [0.05, 0.1) is 0 Å². The largest absolute Gasteiger partial charge is 0.594 e. The molecule has 44 valence electrons. The summed E-state index contributed by atoms with van der Waals surface area (Å²) in [6.45, 7) is 0. The van der Waals surface area contributed by atoms with Gasteiger partial charge in [0.25, 0.3) is 0 Å². The second-order valence-electron chi connectivity index (χ2n) is 1.77. The molecule has 2 N–H and O–H groups in total. The highest BCUT2D eigenvalue weighted by Gasteiger charge is 1.89. The number of nitrogens with two attached hydrogens (primary N) is 1. The summed E-state index contributed by atoms with van der Waals surface area (Å²) in [6.07, 6.45) is 8.96. The topological polar surface area (TPSA) is 40.1 Å². The lowest BCUT2D eigenvalue weighted by Gasteiger charge is -2.23. The maximum atomic E-state index is 5.04. The molecule has 0 bridgehead atoms. The van der Waals surface area contributed by atoms with E-state index in [9.17, 15) is 0 Å². The van der Waals surface area contributed by atoms with Gasteiger partial charge in [-0.05, 0) is 6.42 Å². The van der Waals surface area contributed by atoms with Crippen LogP contribution in [0.4, 0.5) is 0 Å². The lowest BCUT2D eigenvalue weighted by atomic mass is 10.1. The van der Waals surface area contributed by atoms with E-state index in [2.05, 4.69) is 11.5 Å². The van der Waals surface area contributed by atoms with E-state index in [1.54, 1.807) is 0 Å². The molecular weight excluding hydrogens is 100 g/mol. The Morgan fingerprint density at radius 1 is 1.50 bits per heavy atom. The molecule has 0 radical (unpaired) electrons. The summed E-state index contributed by atoms with van der Waals surface area (Å²) in [5, 5.41) is 0. The van der Waals surface area contributed by atoms with Crippen molar-refractivity contribution in [3.63, 3.8) is 0 Å². The molecule has 8 heavy (non-hydrogen) atoms. The van der Waals surface area contributed by atoms with Crippen molar-refractivity contribution in [2.45, 2.75) is 12.5 Å². The van der Waals surface area contributed by atoms with Crippen LogP contribution in [-0.4, -0.2) is 6.04 Å². The van der Waals surface area contributed by atoms with E-state index in [0.717, 1.165) is 6.42 Å².